The van der Waals surface area contributed by atoms with Gasteiger partial charge < -0.3 is 0 Å². The Morgan fingerprint density at radius 1 is 1.37 bits per heavy atom. The number of hydrogen-bond donors (Lipinski definition) is 1. The van der Waals surface area contributed by atoms with E-state index in [1.165, 1.54) is 12.1 Å². The summed E-state index contributed by atoms with van der Waals surface area (Å²) in [5.74, 6) is 0. The molecule has 1 aromatic carbocycles. The topological polar surface area (TPSA) is 94.9 Å². The Hall–Kier alpha value is -0.500. The summed E-state index contributed by atoms with van der Waals surface area (Å²) in [5, 5.41) is 3.36. The first kappa shape index (κ1) is 16.6. The summed E-state index contributed by atoms with van der Waals surface area (Å²) >= 11 is 14.9. The molecule has 0 amide bonds. The number of benzene rings is 1. The Kier molecular flexibility index (Phi) is 6.38. The van der Waals surface area contributed by atoms with Crippen molar-refractivity contribution < 1.29 is 8.42 Å². The second kappa shape index (κ2) is 7.33. The van der Waals surface area contributed by atoms with Crippen LogP contribution in [0, 0.1) is 0 Å². The van der Waals surface area contributed by atoms with Gasteiger partial charge in [-0.2, -0.15) is 0 Å². The first-order valence-corrected chi connectivity index (χ1v) is 8.07. The van der Waals surface area contributed by atoms with Crippen LogP contribution in [-0.2, 0) is 10.0 Å². The number of sulfonamides is 1. The maximum absolute atomic E-state index is 12.0. The Morgan fingerprint density at radius 3 is 2.47 bits per heavy atom. The third-order valence-corrected chi connectivity index (χ3v) is 4.86. The summed E-state index contributed by atoms with van der Waals surface area (Å²) in [7, 11) is -3.80. The van der Waals surface area contributed by atoms with E-state index in [4.69, 9.17) is 28.7 Å². The summed E-state index contributed by atoms with van der Waals surface area (Å²) in [6, 6.07) is 2.89. The molecule has 0 radical (unpaired) electrons. The van der Waals surface area contributed by atoms with Crippen LogP contribution in [0.1, 0.15) is 6.42 Å². The van der Waals surface area contributed by atoms with Gasteiger partial charge in [0.2, 0.25) is 10.0 Å². The molecule has 19 heavy (non-hydrogen) atoms. The van der Waals surface area contributed by atoms with Crippen LogP contribution in [0.15, 0.2) is 26.6 Å². The smallest absolute Gasteiger partial charge is 0.211 e. The average molecular weight is 388 g/mol. The minimum absolute atomic E-state index is 0.0296. The third kappa shape index (κ3) is 4.83. The van der Waals surface area contributed by atoms with Crippen LogP contribution in [0.5, 0.6) is 0 Å². The van der Waals surface area contributed by atoms with Crippen LogP contribution in [0.4, 0.5) is 0 Å². The van der Waals surface area contributed by atoms with Crippen molar-refractivity contribution in [1.29, 1.82) is 0 Å². The molecule has 1 N–H and O–H groups in total. The lowest BCUT2D eigenvalue weighted by Crippen LogP contribution is -2.25. The van der Waals surface area contributed by atoms with Gasteiger partial charge in [0.25, 0.3) is 0 Å². The average Bonchev–Trinajstić information content (AvgIpc) is 2.26. The van der Waals surface area contributed by atoms with E-state index in [1.54, 1.807) is 0 Å². The van der Waals surface area contributed by atoms with Crippen molar-refractivity contribution in [2.45, 2.75) is 11.3 Å². The number of hydrogen-bond acceptors (Lipinski definition) is 3. The molecule has 0 unspecified atom stereocenters. The van der Waals surface area contributed by atoms with Crippen molar-refractivity contribution in [2.24, 2.45) is 5.11 Å². The summed E-state index contributed by atoms with van der Waals surface area (Å²) in [6.45, 7) is 0.338. The molecule has 10 heteroatoms. The third-order valence-electron chi connectivity index (χ3n) is 2.02. The molecule has 0 fully saturated rings. The zero-order valence-electron chi connectivity index (χ0n) is 9.48. The Labute approximate surface area is 128 Å². The normalized spacial score (nSPS) is 11.1. The van der Waals surface area contributed by atoms with E-state index in [0.29, 0.717) is 10.9 Å². The molecule has 0 saturated heterocycles. The molecule has 0 aliphatic rings. The van der Waals surface area contributed by atoms with Crippen molar-refractivity contribution >= 4 is 49.2 Å². The molecule has 0 saturated carbocycles. The van der Waals surface area contributed by atoms with Crippen LogP contribution in [0.3, 0.4) is 0 Å². The van der Waals surface area contributed by atoms with Gasteiger partial charge in [-0.15, -0.1) is 0 Å². The number of nitrogens with zero attached hydrogens (tertiary/aromatic N) is 3. The highest BCUT2D eigenvalue weighted by Crippen LogP contribution is 2.32. The van der Waals surface area contributed by atoms with Gasteiger partial charge in [-0.25, -0.2) is 13.1 Å². The van der Waals surface area contributed by atoms with Gasteiger partial charge in [-0.05, 0) is 24.1 Å². The van der Waals surface area contributed by atoms with E-state index in [-0.39, 0.29) is 28.0 Å². The molecule has 104 valence electrons. The van der Waals surface area contributed by atoms with Crippen molar-refractivity contribution in [2.75, 3.05) is 13.1 Å². The van der Waals surface area contributed by atoms with Gasteiger partial charge in [0.05, 0.1) is 10.0 Å². The van der Waals surface area contributed by atoms with Gasteiger partial charge in [-0.1, -0.05) is 44.2 Å². The summed E-state index contributed by atoms with van der Waals surface area (Å²) in [5.41, 5.74) is 8.08. The number of azide groups is 1. The van der Waals surface area contributed by atoms with Crippen LogP contribution in [-0.4, -0.2) is 21.5 Å². The highest BCUT2D eigenvalue weighted by atomic mass is 79.9. The van der Waals surface area contributed by atoms with Crippen molar-refractivity contribution in [3.05, 3.63) is 37.1 Å². The lowest BCUT2D eigenvalue weighted by atomic mass is 10.4. The van der Waals surface area contributed by atoms with Gasteiger partial charge >= 0.3 is 0 Å². The fourth-order valence-corrected chi connectivity index (χ4v) is 4.27. The molecule has 0 aromatic heterocycles. The van der Waals surface area contributed by atoms with Crippen molar-refractivity contribution in [1.82, 2.24) is 4.72 Å². The maximum atomic E-state index is 12.0. The summed E-state index contributed by atoms with van der Waals surface area (Å²) in [4.78, 5) is 2.40. The zero-order valence-corrected chi connectivity index (χ0v) is 13.4. The second-order valence-corrected chi connectivity index (χ2v) is 6.84. The lowest BCUT2D eigenvalue weighted by Gasteiger charge is -2.10. The van der Waals surface area contributed by atoms with E-state index in [1.807, 2.05) is 0 Å². The molecule has 0 spiro atoms. The van der Waals surface area contributed by atoms with Crippen LogP contribution in [0.2, 0.25) is 10.0 Å². The van der Waals surface area contributed by atoms with Crippen molar-refractivity contribution in [3.8, 4) is 0 Å². The van der Waals surface area contributed by atoms with Gasteiger partial charge in [0.1, 0.15) is 4.90 Å². The first-order chi connectivity index (χ1) is 8.88. The Balaban J connectivity index is 2.86. The quantitative estimate of drug-likeness (QED) is 0.348. The summed E-state index contributed by atoms with van der Waals surface area (Å²) in [6.07, 6.45) is 0.384. The highest BCUT2D eigenvalue weighted by Gasteiger charge is 2.21. The predicted molar refractivity (Wildman–Crippen MR) is 78.0 cm³/mol. The molecular weight excluding hydrogens is 379 g/mol. The summed E-state index contributed by atoms with van der Waals surface area (Å²) < 4.78 is 27.0. The number of rotatable bonds is 6. The van der Waals surface area contributed by atoms with E-state index in [2.05, 4.69) is 30.7 Å². The monoisotopic (exact) mass is 386 g/mol. The molecule has 1 aromatic rings. The molecule has 0 aliphatic heterocycles. The van der Waals surface area contributed by atoms with Crippen LogP contribution >= 0.6 is 39.1 Å². The highest BCUT2D eigenvalue weighted by molar-refractivity contribution is 9.10. The van der Waals surface area contributed by atoms with E-state index in [9.17, 15) is 8.42 Å². The molecule has 0 heterocycles. The zero-order chi connectivity index (χ0) is 14.5. The molecular formula is C9H9BrCl2N4O2S. The van der Waals surface area contributed by atoms with Crippen molar-refractivity contribution in [3.63, 3.8) is 0 Å². The molecule has 0 aliphatic carbocycles. The largest absolute Gasteiger partial charge is 0.243 e. The Morgan fingerprint density at radius 2 is 1.95 bits per heavy atom. The number of nitrogens with one attached hydrogen (secondary N) is 1. The lowest BCUT2D eigenvalue weighted by molar-refractivity contribution is 0.579. The fourth-order valence-electron chi connectivity index (χ4n) is 1.26. The van der Waals surface area contributed by atoms with Crippen LogP contribution < -0.4 is 4.72 Å². The SMILES string of the molecule is [N-]=[N+]=NCCCNS(=O)(=O)c1c(Cl)cc(Br)cc1Cl. The standard InChI is InChI=1S/C9H9BrCl2N4O2S/c10-6-4-7(11)9(8(12)5-6)19(17,18)15-3-1-2-14-16-13/h4-5,15H,1-3H2. The van der Waals surface area contributed by atoms with Gasteiger partial charge in [0, 0.05) is 22.5 Å². The van der Waals surface area contributed by atoms with E-state index < -0.39 is 10.0 Å². The molecule has 0 bridgehead atoms. The van der Waals surface area contributed by atoms with E-state index in [0.717, 1.165) is 0 Å². The minimum Gasteiger partial charge on any atom is -0.211 e. The molecule has 6 nitrogen and oxygen atoms in total. The van der Waals surface area contributed by atoms with Gasteiger partial charge in [-0.3, -0.25) is 0 Å². The second-order valence-electron chi connectivity index (χ2n) is 3.40. The number of halogens is 3. The van der Waals surface area contributed by atoms with E-state index >= 15 is 0 Å². The molecule has 0 atom stereocenters. The Bertz CT molecular complexity index is 594. The minimum atomic E-state index is -3.80. The predicted octanol–water partition coefficient (Wildman–Crippen LogP) is 3.73. The van der Waals surface area contributed by atoms with Gasteiger partial charge in [0.15, 0.2) is 0 Å². The fraction of sp³-hybridized carbons (Fsp3) is 0.333. The molecule has 1 rings (SSSR count). The first-order valence-electron chi connectivity index (χ1n) is 5.03. The van der Waals surface area contributed by atoms with Crippen LogP contribution in [0.25, 0.3) is 10.4 Å². The maximum Gasteiger partial charge on any atom is 0.243 e.